The first-order chi connectivity index (χ1) is 18.2. The third-order valence-corrected chi connectivity index (χ3v) is 8.63. The van der Waals surface area contributed by atoms with Gasteiger partial charge in [0.05, 0.1) is 25.4 Å². The highest BCUT2D eigenvalue weighted by atomic mass is 19.1. The van der Waals surface area contributed by atoms with Gasteiger partial charge in [-0.25, -0.2) is 14.0 Å². The zero-order chi connectivity index (χ0) is 28.8. The summed E-state index contributed by atoms with van der Waals surface area (Å²) in [7, 11) is 0.739. The SMILES string of the molecule is CCCCOC(=O)c1c(OC)c(F)cc(CCB2OC3C[C@@H]4C[C@@H](C4(C)C)[C@]3(C)O2)c1OC(=O)OC(C)(C)C. The fourth-order valence-electron chi connectivity index (χ4n) is 6.44. The maximum atomic E-state index is 15.2. The van der Waals surface area contributed by atoms with E-state index in [1.54, 1.807) is 20.8 Å². The number of benzene rings is 1. The molecule has 0 amide bonds. The molecule has 5 rings (SSSR count). The van der Waals surface area contributed by atoms with E-state index < -0.39 is 30.7 Å². The molecular weight excluding hydrogens is 506 g/mol. The van der Waals surface area contributed by atoms with Crippen LogP contribution in [0.4, 0.5) is 9.18 Å². The van der Waals surface area contributed by atoms with Crippen molar-refractivity contribution in [2.75, 3.05) is 13.7 Å². The van der Waals surface area contributed by atoms with Gasteiger partial charge in [0, 0.05) is 0 Å². The normalized spacial score (nSPS) is 26.9. The van der Waals surface area contributed by atoms with Gasteiger partial charge >= 0.3 is 19.2 Å². The van der Waals surface area contributed by atoms with Gasteiger partial charge in [-0.3, -0.25) is 0 Å². The van der Waals surface area contributed by atoms with Gasteiger partial charge in [-0.1, -0.05) is 27.2 Å². The van der Waals surface area contributed by atoms with E-state index in [1.807, 2.05) is 6.92 Å². The molecule has 1 aromatic carbocycles. The molecule has 8 nitrogen and oxygen atoms in total. The summed E-state index contributed by atoms with van der Waals surface area (Å²) in [6.45, 7) is 13.9. The lowest BCUT2D eigenvalue weighted by atomic mass is 9.43. The van der Waals surface area contributed by atoms with Gasteiger partial charge in [-0.05, 0) is 88.6 Å². The molecule has 4 atom stereocenters. The number of rotatable bonds is 9. The maximum Gasteiger partial charge on any atom is 0.514 e. The second-order valence-corrected chi connectivity index (χ2v) is 12.7. The van der Waals surface area contributed by atoms with Crippen molar-refractivity contribution in [3.05, 3.63) is 23.0 Å². The van der Waals surface area contributed by atoms with Gasteiger partial charge in [-0.2, -0.15) is 0 Å². The first kappa shape index (κ1) is 29.7. The van der Waals surface area contributed by atoms with E-state index in [4.69, 9.17) is 28.3 Å². The quantitative estimate of drug-likeness (QED) is 0.152. The fourth-order valence-corrected chi connectivity index (χ4v) is 6.44. The number of hydrogen-bond donors (Lipinski definition) is 0. The topological polar surface area (TPSA) is 89.5 Å². The Morgan fingerprint density at radius 3 is 2.51 bits per heavy atom. The molecule has 0 aromatic heterocycles. The van der Waals surface area contributed by atoms with Crippen LogP contribution in [0.15, 0.2) is 6.07 Å². The lowest BCUT2D eigenvalue weighted by molar-refractivity contribution is -0.199. The summed E-state index contributed by atoms with van der Waals surface area (Å²) in [5, 5.41) is 0. The molecule has 0 spiro atoms. The highest BCUT2D eigenvalue weighted by molar-refractivity contribution is 6.45. The van der Waals surface area contributed by atoms with E-state index in [0.717, 1.165) is 19.3 Å². The molecule has 1 aromatic rings. The highest BCUT2D eigenvalue weighted by Crippen LogP contribution is 2.65. The number of unbranched alkanes of at least 4 members (excludes halogenated alkanes) is 1. The number of carbonyl (C=O) groups is 2. The largest absolute Gasteiger partial charge is 0.514 e. The summed E-state index contributed by atoms with van der Waals surface area (Å²) in [6.07, 6.45) is 3.12. The number of esters is 1. The summed E-state index contributed by atoms with van der Waals surface area (Å²) in [5.41, 5.74) is -0.999. The summed E-state index contributed by atoms with van der Waals surface area (Å²) in [6, 6.07) is 1.21. The molecule has 10 heteroatoms. The Balaban J connectivity index is 1.60. The molecule has 1 unspecified atom stereocenters. The van der Waals surface area contributed by atoms with Crippen LogP contribution in [0.25, 0.3) is 0 Å². The molecule has 216 valence electrons. The number of hydrogen-bond acceptors (Lipinski definition) is 8. The average Bonchev–Trinajstić information content (AvgIpc) is 3.18. The molecule has 3 aliphatic carbocycles. The van der Waals surface area contributed by atoms with Crippen molar-refractivity contribution in [3.63, 3.8) is 0 Å². The van der Waals surface area contributed by atoms with Crippen LogP contribution in [0.3, 0.4) is 0 Å². The predicted octanol–water partition coefficient (Wildman–Crippen LogP) is 6.38. The minimum Gasteiger partial charge on any atom is -0.493 e. The van der Waals surface area contributed by atoms with E-state index in [2.05, 4.69) is 20.8 Å². The summed E-state index contributed by atoms with van der Waals surface area (Å²) in [4.78, 5) is 25.8. The zero-order valence-corrected chi connectivity index (χ0v) is 24.5. The highest BCUT2D eigenvalue weighted by Gasteiger charge is 2.67. The fraction of sp³-hybridized carbons (Fsp3) is 0.724. The van der Waals surface area contributed by atoms with Gasteiger partial charge in [0.1, 0.15) is 11.2 Å². The molecule has 1 saturated heterocycles. The van der Waals surface area contributed by atoms with Gasteiger partial charge in [0.2, 0.25) is 0 Å². The van der Waals surface area contributed by atoms with Crippen LogP contribution in [0, 0.1) is 23.1 Å². The van der Waals surface area contributed by atoms with Crippen LogP contribution in [-0.4, -0.2) is 50.3 Å². The van der Waals surface area contributed by atoms with E-state index in [0.29, 0.717) is 30.1 Å². The Hall–Kier alpha value is -2.33. The smallest absolute Gasteiger partial charge is 0.493 e. The Kier molecular flexibility index (Phi) is 8.30. The molecule has 1 heterocycles. The predicted molar refractivity (Wildman–Crippen MR) is 144 cm³/mol. The summed E-state index contributed by atoms with van der Waals surface area (Å²) < 4.78 is 49.5. The Labute approximate surface area is 231 Å². The minimum atomic E-state index is -1.02. The van der Waals surface area contributed by atoms with Crippen LogP contribution in [0.1, 0.15) is 90.1 Å². The van der Waals surface area contributed by atoms with Crippen molar-refractivity contribution in [1.82, 2.24) is 0 Å². The average molecular weight is 548 g/mol. The third-order valence-electron chi connectivity index (χ3n) is 8.63. The van der Waals surface area contributed by atoms with Crippen molar-refractivity contribution in [2.45, 2.75) is 104 Å². The first-order valence-electron chi connectivity index (χ1n) is 14.0. The van der Waals surface area contributed by atoms with Crippen LogP contribution in [0.5, 0.6) is 11.5 Å². The van der Waals surface area contributed by atoms with Gasteiger partial charge in [0.15, 0.2) is 17.3 Å². The number of methoxy groups -OCH3 is 1. The third kappa shape index (κ3) is 5.78. The van der Waals surface area contributed by atoms with Crippen molar-refractivity contribution in [3.8, 4) is 11.5 Å². The number of aryl methyl sites for hydroxylation is 1. The van der Waals surface area contributed by atoms with E-state index in [1.165, 1.54) is 13.2 Å². The van der Waals surface area contributed by atoms with Crippen LogP contribution in [0.2, 0.25) is 6.32 Å². The van der Waals surface area contributed by atoms with Crippen LogP contribution in [-0.2, 0) is 25.2 Å². The summed E-state index contributed by atoms with van der Waals surface area (Å²) in [5.74, 6) is -1.07. The van der Waals surface area contributed by atoms with Crippen molar-refractivity contribution in [2.24, 2.45) is 17.3 Å². The zero-order valence-electron chi connectivity index (χ0n) is 24.5. The van der Waals surface area contributed by atoms with Crippen LogP contribution >= 0.6 is 0 Å². The molecule has 3 saturated carbocycles. The maximum absolute atomic E-state index is 15.2. The monoisotopic (exact) mass is 548 g/mol. The van der Waals surface area contributed by atoms with E-state index in [9.17, 15) is 9.59 Å². The molecule has 2 bridgehead atoms. The number of halogens is 1. The molecular formula is C29H42BFO8. The molecule has 4 fully saturated rings. The number of carbonyl (C=O) groups excluding carboxylic acids is 2. The molecule has 4 aliphatic rings. The Bertz CT molecular complexity index is 1100. The van der Waals surface area contributed by atoms with Gasteiger partial charge in [-0.15, -0.1) is 0 Å². The number of ether oxygens (including phenoxy) is 4. The van der Waals surface area contributed by atoms with Crippen molar-refractivity contribution >= 4 is 19.2 Å². The second kappa shape index (κ2) is 10.9. The first-order valence-corrected chi connectivity index (χ1v) is 14.0. The standard InChI is InChI=1S/C29H42BFO8/c1-9-10-13-35-25(32)22-23(36-26(33)37-27(2,3)4)17(14-19(31)24(22)34-8)11-12-30-38-21-16-18-15-20(28(18,5)6)29(21,7)39-30/h14,18,20-21H,9-13,15-16H2,1-8H3/t18-,20-,21?,29-/m0/s1. The second-order valence-electron chi connectivity index (χ2n) is 12.7. The van der Waals surface area contributed by atoms with Crippen LogP contribution < -0.4 is 9.47 Å². The van der Waals surface area contributed by atoms with E-state index >= 15 is 4.39 Å². The lowest BCUT2D eigenvalue weighted by Crippen LogP contribution is -2.65. The Morgan fingerprint density at radius 1 is 1.18 bits per heavy atom. The minimum absolute atomic E-state index is 0.00784. The summed E-state index contributed by atoms with van der Waals surface area (Å²) >= 11 is 0. The van der Waals surface area contributed by atoms with Gasteiger partial charge < -0.3 is 28.3 Å². The molecule has 39 heavy (non-hydrogen) atoms. The molecule has 0 radical (unpaired) electrons. The Morgan fingerprint density at radius 2 is 1.90 bits per heavy atom. The van der Waals surface area contributed by atoms with E-state index in [-0.39, 0.29) is 47.2 Å². The molecule has 0 N–H and O–H groups in total. The lowest BCUT2D eigenvalue weighted by Gasteiger charge is -2.64. The molecule has 1 aliphatic heterocycles. The van der Waals surface area contributed by atoms with Crippen molar-refractivity contribution in [1.29, 1.82) is 0 Å². The van der Waals surface area contributed by atoms with Crippen molar-refractivity contribution < 1.29 is 42.2 Å². The van der Waals surface area contributed by atoms with Gasteiger partial charge in [0.25, 0.3) is 0 Å².